The van der Waals surface area contributed by atoms with E-state index in [1.165, 1.54) is 35.2 Å². The molecule has 1 saturated heterocycles. The van der Waals surface area contributed by atoms with Gasteiger partial charge in [-0.15, -0.1) is 24.0 Å². The maximum Gasteiger partial charge on any atom is 0.191 e. The highest BCUT2D eigenvalue weighted by Gasteiger charge is 2.14. The highest BCUT2D eigenvalue weighted by Crippen LogP contribution is 2.23. The molecule has 1 unspecified atom stereocenters. The molecule has 164 valence electrons. The summed E-state index contributed by atoms with van der Waals surface area (Å²) < 4.78 is 5.45. The first-order chi connectivity index (χ1) is 14.2. The Hall–Kier alpha value is -1.80. The van der Waals surface area contributed by atoms with Crippen LogP contribution in [0.25, 0.3) is 0 Å². The fraction of sp³-hybridized carbons (Fsp3) is 0.458. The van der Waals surface area contributed by atoms with Crippen molar-refractivity contribution < 1.29 is 4.74 Å². The van der Waals surface area contributed by atoms with Gasteiger partial charge < -0.3 is 20.3 Å². The van der Waals surface area contributed by atoms with E-state index in [1.807, 2.05) is 14.0 Å². The summed E-state index contributed by atoms with van der Waals surface area (Å²) in [6.45, 7) is 8.66. The van der Waals surface area contributed by atoms with E-state index in [0.29, 0.717) is 6.61 Å². The van der Waals surface area contributed by atoms with Crippen LogP contribution in [0.3, 0.4) is 0 Å². The lowest BCUT2D eigenvalue weighted by molar-refractivity contribution is 0.134. The first-order valence-electron chi connectivity index (χ1n) is 10.7. The summed E-state index contributed by atoms with van der Waals surface area (Å²) in [6.07, 6.45) is 2.59. The van der Waals surface area contributed by atoms with Gasteiger partial charge in [-0.25, -0.2) is 0 Å². The van der Waals surface area contributed by atoms with Crippen molar-refractivity contribution in [1.29, 1.82) is 0 Å². The predicted molar refractivity (Wildman–Crippen MR) is 137 cm³/mol. The molecule has 0 saturated carbocycles. The van der Waals surface area contributed by atoms with Crippen molar-refractivity contribution in [2.24, 2.45) is 4.99 Å². The third kappa shape index (κ3) is 7.16. The first kappa shape index (κ1) is 24.5. The molecule has 2 aromatic carbocycles. The van der Waals surface area contributed by atoms with Crippen molar-refractivity contribution in [3.05, 3.63) is 65.2 Å². The Balaban J connectivity index is 0.00000320. The molecule has 0 radical (unpaired) electrons. The zero-order valence-electron chi connectivity index (χ0n) is 18.4. The van der Waals surface area contributed by atoms with Gasteiger partial charge in [0.25, 0.3) is 0 Å². The molecule has 5 nitrogen and oxygen atoms in total. The zero-order valence-corrected chi connectivity index (χ0v) is 20.7. The number of benzene rings is 2. The molecule has 0 aliphatic carbocycles. The summed E-state index contributed by atoms with van der Waals surface area (Å²) in [4.78, 5) is 6.86. The molecule has 2 aromatic rings. The number of nitrogens with one attached hydrogen (secondary N) is 2. The molecule has 6 heteroatoms. The van der Waals surface area contributed by atoms with E-state index >= 15 is 0 Å². The van der Waals surface area contributed by atoms with Crippen molar-refractivity contribution in [2.75, 3.05) is 31.6 Å². The molecule has 30 heavy (non-hydrogen) atoms. The van der Waals surface area contributed by atoms with Crippen LogP contribution in [0.1, 0.15) is 49.4 Å². The van der Waals surface area contributed by atoms with Crippen LogP contribution < -0.4 is 15.5 Å². The second-order valence-electron chi connectivity index (χ2n) is 7.53. The maximum absolute atomic E-state index is 5.45. The summed E-state index contributed by atoms with van der Waals surface area (Å²) in [6, 6.07) is 17.5. The van der Waals surface area contributed by atoms with Crippen molar-refractivity contribution in [3.63, 3.8) is 0 Å². The summed E-state index contributed by atoms with van der Waals surface area (Å²) in [5.74, 6) is 0.808. The normalized spacial score (nSPS) is 14.9. The van der Waals surface area contributed by atoms with E-state index in [9.17, 15) is 0 Å². The van der Waals surface area contributed by atoms with Gasteiger partial charge in [0, 0.05) is 39.0 Å². The molecule has 0 spiro atoms. The predicted octanol–water partition coefficient (Wildman–Crippen LogP) is 4.87. The van der Waals surface area contributed by atoms with Gasteiger partial charge in [0.1, 0.15) is 0 Å². The molecular formula is C24H35IN4O. The summed E-state index contributed by atoms with van der Waals surface area (Å²) in [5, 5.41) is 6.93. The molecule has 0 bridgehead atoms. The van der Waals surface area contributed by atoms with Crippen LogP contribution in [-0.4, -0.2) is 32.7 Å². The Morgan fingerprint density at radius 2 is 1.80 bits per heavy atom. The molecule has 0 aromatic heterocycles. The number of aliphatic imine (C=N–C) groups is 1. The highest BCUT2D eigenvalue weighted by molar-refractivity contribution is 14.0. The first-order valence-corrected chi connectivity index (χ1v) is 10.7. The molecule has 3 rings (SSSR count). The van der Waals surface area contributed by atoms with Gasteiger partial charge in [0.05, 0.1) is 12.6 Å². The largest absolute Gasteiger partial charge is 0.377 e. The monoisotopic (exact) mass is 522 g/mol. The number of guanidine groups is 1. The summed E-state index contributed by atoms with van der Waals surface area (Å²) >= 11 is 0. The molecule has 0 amide bonds. The van der Waals surface area contributed by atoms with Crippen LogP contribution in [0.15, 0.2) is 53.5 Å². The number of hydrogen-bond donors (Lipinski definition) is 2. The van der Waals surface area contributed by atoms with Crippen LogP contribution in [0.2, 0.25) is 0 Å². The third-order valence-corrected chi connectivity index (χ3v) is 5.37. The van der Waals surface area contributed by atoms with Crippen LogP contribution in [0.4, 0.5) is 5.69 Å². The van der Waals surface area contributed by atoms with Gasteiger partial charge >= 0.3 is 0 Å². The van der Waals surface area contributed by atoms with Crippen LogP contribution >= 0.6 is 24.0 Å². The SMILES string of the molecule is CCOCc1ccc(CNC(=NC)NC(C)c2cccc(N3CCCC3)c2)cc1.I. The fourth-order valence-electron chi connectivity index (χ4n) is 3.61. The smallest absolute Gasteiger partial charge is 0.191 e. The van der Waals surface area contributed by atoms with Crippen LogP contribution in [-0.2, 0) is 17.9 Å². The average molecular weight is 522 g/mol. The molecule has 2 N–H and O–H groups in total. The Labute approximate surface area is 198 Å². The van der Waals surface area contributed by atoms with Crippen LogP contribution in [0, 0.1) is 0 Å². The summed E-state index contributed by atoms with van der Waals surface area (Å²) in [7, 11) is 1.81. The van der Waals surface area contributed by atoms with Crippen LogP contribution in [0.5, 0.6) is 0 Å². The van der Waals surface area contributed by atoms with Gasteiger partial charge in [-0.3, -0.25) is 4.99 Å². The summed E-state index contributed by atoms with van der Waals surface area (Å²) in [5.41, 5.74) is 5.02. The Bertz CT molecular complexity index is 788. The molecule has 1 atom stereocenters. The molecule has 1 aliphatic rings. The van der Waals surface area contributed by atoms with Gasteiger partial charge in [0.15, 0.2) is 5.96 Å². The third-order valence-electron chi connectivity index (χ3n) is 5.37. The van der Waals surface area contributed by atoms with Gasteiger partial charge in [0.2, 0.25) is 0 Å². The maximum atomic E-state index is 5.45. The number of hydrogen-bond acceptors (Lipinski definition) is 3. The second-order valence-corrected chi connectivity index (χ2v) is 7.53. The minimum Gasteiger partial charge on any atom is -0.377 e. The lowest BCUT2D eigenvalue weighted by Gasteiger charge is -2.22. The van der Waals surface area contributed by atoms with Gasteiger partial charge in [-0.05, 0) is 55.5 Å². The Morgan fingerprint density at radius 1 is 1.10 bits per heavy atom. The van der Waals surface area contributed by atoms with Crippen molar-refractivity contribution >= 4 is 35.6 Å². The molecular weight excluding hydrogens is 487 g/mol. The number of halogens is 1. The lowest BCUT2D eigenvalue weighted by atomic mass is 10.1. The van der Waals surface area contributed by atoms with Crippen molar-refractivity contribution in [2.45, 2.75) is 45.9 Å². The quantitative estimate of drug-likeness (QED) is 0.295. The Kier molecular flexibility index (Phi) is 10.4. The van der Waals surface area contributed by atoms with E-state index in [-0.39, 0.29) is 30.0 Å². The topological polar surface area (TPSA) is 48.9 Å². The van der Waals surface area contributed by atoms with E-state index in [0.717, 1.165) is 32.2 Å². The number of rotatable bonds is 8. The number of nitrogens with zero attached hydrogens (tertiary/aromatic N) is 2. The van der Waals surface area contributed by atoms with Crippen molar-refractivity contribution in [3.8, 4) is 0 Å². The van der Waals surface area contributed by atoms with E-state index < -0.39 is 0 Å². The van der Waals surface area contributed by atoms with Gasteiger partial charge in [-0.1, -0.05) is 36.4 Å². The average Bonchev–Trinajstić information content (AvgIpc) is 3.31. The number of ether oxygens (including phenoxy) is 1. The lowest BCUT2D eigenvalue weighted by Crippen LogP contribution is -2.38. The molecule has 1 aliphatic heterocycles. The minimum atomic E-state index is 0. The fourth-order valence-corrected chi connectivity index (χ4v) is 3.61. The van der Waals surface area contributed by atoms with Gasteiger partial charge in [-0.2, -0.15) is 0 Å². The Morgan fingerprint density at radius 3 is 2.47 bits per heavy atom. The number of anilines is 1. The standard InChI is InChI=1S/C24H34N4O.HI/c1-4-29-18-21-12-10-20(11-13-21)17-26-24(25-3)27-19(2)22-8-7-9-23(16-22)28-14-5-6-15-28;/h7-13,16,19H,4-6,14-15,17-18H2,1-3H3,(H2,25,26,27);1H. The van der Waals surface area contributed by atoms with E-state index in [2.05, 4.69) is 76.0 Å². The van der Waals surface area contributed by atoms with E-state index in [1.54, 1.807) is 0 Å². The molecule has 1 heterocycles. The minimum absolute atomic E-state index is 0. The molecule has 1 fully saturated rings. The highest BCUT2D eigenvalue weighted by atomic mass is 127. The second kappa shape index (κ2) is 12.8. The zero-order chi connectivity index (χ0) is 20.5. The van der Waals surface area contributed by atoms with E-state index in [4.69, 9.17) is 4.74 Å². The van der Waals surface area contributed by atoms with Crippen molar-refractivity contribution in [1.82, 2.24) is 10.6 Å².